The van der Waals surface area contributed by atoms with E-state index in [-0.39, 0.29) is 11.7 Å². The minimum atomic E-state index is -0.729. The van der Waals surface area contributed by atoms with Gasteiger partial charge in [0.1, 0.15) is 5.82 Å². The summed E-state index contributed by atoms with van der Waals surface area (Å²) in [5.41, 5.74) is 3.46. The number of anilines is 1. The van der Waals surface area contributed by atoms with Crippen molar-refractivity contribution >= 4 is 17.3 Å². The summed E-state index contributed by atoms with van der Waals surface area (Å²) in [7, 11) is 1.81. The Balaban J connectivity index is 1.69. The van der Waals surface area contributed by atoms with Crippen LogP contribution >= 0.6 is 0 Å². The Morgan fingerprint density at radius 3 is 2.87 bits per heavy atom. The van der Waals surface area contributed by atoms with Crippen LogP contribution in [0.4, 0.5) is 10.1 Å². The average molecular weight is 316 g/mol. The maximum absolute atomic E-state index is 13.3. The number of carbonyl (C=O) groups is 1. The molecule has 1 aliphatic rings. The van der Waals surface area contributed by atoms with Crippen LogP contribution in [0, 0.1) is 19.7 Å². The van der Waals surface area contributed by atoms with E-state index < -0.39 is 6.10 Å². The maximum Gasteiger partial charge on any atom is 0.268 e. The number of rotatable bonds is 3. The largest absolute Gasteiger partial charge is 0.382 e. The normalized spacial score (nSPS) is 16.9. The SMILES string of the molecule is Cc1nn(C)c(C)c1NC(=O)[C@H]1CC(c2cccc(F)c2)=NO1. The molecule has 0 radical (unpaired) electrons. The van der Waals surface area contributed by atoms with Crippen molar-refractivity contribution in [2.75, 3.05) is 5.32 Å². The Hall–Kier alpha value is -2.70. The van der Waals surface area contributed by atoms with Crippen LogP contribution in [0.15, 0.2) is 29.4 Å². The van der Waals surface area contributed by atoms with Crippen molar-refractivity contribution in [3.63, 3.8) is 0 Å². The highest BCUT2D eigenvalue weighted by atomic mass is 19.1. The van der Waals surface area contributed by atoms with Crippen LogP contribution in [-0.4, -0.2) is 27.5 Å². The number of hydrogen-bond acceptors (Lipinski definition) is 4. The van der Waals surface area contributed by atoms with E-state index >= 15 is 0 Å². The zero-order valence-electron chi connectivity index (χ0n) is 13.1. The van der Waals surface area contributed by atoms with Crippen LogP contribution in [0.5, 0.6) is 0 Å². The van der Waals surface area contributed by atoms with Crippen molar-refractivity contribution in [3.8, 4) is 0 Å². The first-order chi connectivity index (χ1) is 11.0. The molecule has 0 fully saturated rings. The molecular weight excluding hydrogens is 299 g/mol. The number of aromatic nitrogens is 2. The van der Waals surface area contributed by atoms with Crippen molar-refractivity contribution in [3.05, 3.63) is 47.0 Å². The lowest BCUT2D eigenvalue weighted by Gasteiger charge is -2.09. The van der Waals surface area contributed by atoms with Gasteiger partial charge in [-0.2, -0.15) is 5.10 Å². The second kappa shape index (κ2) is 5.83. The van der Waals surface area contributed by atoms with E-state index in [0.717, 1.165) is 11.4 Å². The van der Waals surface area contributed by atoms with E-state index in [1.807, 2.05) is 20.9 Å². The molecule has 2 aromatic rings. The monoisotopic (exact) mass is 316 g/mol. The van der Waals surface area contributed by atoms with E-state index in [1.165, 1.54) is 12.1 Å². The van der Waals surface area contributed by atoms with Crippen molar-refractivity contribution in [1.82, 2.24) is 9.78 Å². The molecule has 7 heteroatoms. The highest BCUT2D eigenvalue weighted by Crippen LogP contribution is 2.22. The van der Waals surface area contributed by atoms with Crippen LogP contribution < -0.4 is 5.32 Å². The molecule has 1 amide bonds. The predicted molar refractivity (Wildman–Crippen MR) is 83.7 cm³/mol. The van der Waals surface area contributed by atoms with Crippen molar-refractivity contribution in [1.29, 1.82) is 0 Å². The van der Waals surface area contributed by atoms with Crippen molar-refractivity contribution in [2.24, 2.45) is 12.2 Å². The minimum Gasteiger partial charge on any atom is -0.382 e. The Morgan fingerprint density at radius 1 is 1.43 bits per heavy atom. The smallest absolute Gasteiger partial charge is 0.268 e. The van der Waals surface area contributed by atoms with Crippen LogP contribution in [-0.2, 0) is 16.7 Å². The quantitative estimate of drug-likeness (QED) is 0.945. The molecule has 0 saturated heterocycles. The number of aryl methyl sites for hydroxylation is 2. The van der Waals surface area contributed by atoms with Crippen LogP contribution in [0.1, 0.15) is 23.4 Å². The summed E-state index contributed by atoms with van der Waals surface area (Å²) >= 11 is 0. The second-order valence-electron chi connectivity index (χ2n) is 5.51. The number of nitrogens with one attached hydrogen (secondary N) is 1. The Morgan fingerprint density at radius 2 is 2.22 bits per heavy atom. The summed E-state index contributed by atoms with van der Waals surface area (Å²) < 4.78 is 15.0. The molecule has 120 valence electrons. The molecule has 0 unspecified atom stereocenters. The number of halogens is 1. The molecule has 1 N–H and O–H groups in total. The molecular formula is C16H17FN4O2. The first-order valence-electron chi connectivity index (χ1n) is 7.25. The van der Waals surface area contributed by atoms with E-state index in [1.54, 1.807) is 16.8 Å². The number of nitrogens with zero attached hydrogens (tertiary/aromatic N) is 3. The Kier molecular flexibility index (Phi) is 3.85. The number of benzene rings is 1. The maximum atomic E-state index is 13.3. The Labute approximate surface area is 132 Å². The van der Waals surface area contributed by atoms with Gasteiger partial charge in [0.05, 0.1) is 22.8 Å². The summed E-state index contributed by atoms with van der Waals surface area (Å²) in [6, 6.07) is 6.07. The molecule has 1 aliphatic heterocycles. The van der Waals surface area contributed by atoms with E-state index in [9.17, 15) is 9.18 Å². The fourth-order valence-electron chi connectivity index (χ4n) is 2.51. The molecule has 0 aliphatic carbocycles. The molecule has 3 rings (SSSR count). The van der Waals surface area contributed by atoms with Gasteiger partial charge in [0.25, 0.3) is 5.91 Å². The van der Waals surface area contributed by atoms with E-state index in [2.05, 4.69) is 15.6 Å². The highest BCUT2D eigenvalue weighted by Gasteiger charge is 2.30. The third-order valence-electron chi connectivity index (χ3n) is 3.88. The van der Waals surface area contributed by atoms with Gasteiger partial charge in [-0.15, -0.1) is 0 Å². The van der Waals surface area contributed by atoms with Gasteiger partial charge in [-0.05, 0) is 26.0 Å². The zero-order valence-corrected chi connectivity index (χ0v) is 13.1. The van der Waals surface area contributed by atoms with Gasteiger partial charge in [0, 0.05) is 19.0 Å². The van der Waals surface area contributed by atoms with Gasteiger partial charge in [-0.1, -0.05) is 17.3 Å². The van der Waals surface area contributed by atoms with Gasteiger partial charge < -0.3 is 10.2 Å². The van der Waals surface area contributed by atoms with Gasteiger partial charge in [-0.3, -0.25) is 9.48 Å². The summed E-state index contributed by atoms with van der Waals surface area (Å²) in [5, 5.41) is 11.0. The number of carbonyl (C=O) groups excluding carboxylic acids is 1. The number of amides is 1. The van der Waals surface area contributed by atoms with Gasteiger partial charge in [0.2, 0.25) is 6.10 Å². The molecule has 0 bridgehead atoms. The number of oxime groups is 1. The van der Waals surface area contributed by atoms with Gasteiger partial charge in [-0.25, -0.2) is 4.39 Å². The molecule has 23 heavy (non-hydrogen) atoms. The molecule has 1 aromatic carbocycles. The second-order valence-corrected chi connectivity index (χ2v) is 5.51. The number of hydrogen-bond donors (Lipinski definition) is 1. The molecule has 6 nitrogen and oxygen atoms in total. The molecule has 1 aromatic heterocycles. The predicted octanol–water partition coefficient (Wildman–Crippen LogP) is 2.31. The van der Waals surface area contributed by atoms with E-state index in [4.69, 9.17) is 4.84 Å². The Bertz CT molecular complexity index is 797. The van der Waals surface area contributed by atoms with Crippen molar-refractivity contribution in [2.45, 2.75) is 26.4 Å². The topological polar surface area (TPSA) is 68.5 Å². The molecule has 2 heterocycles. The third-order valence-corrected chi connectivity index (χ3v) is 3.88. The fourth-order valence-corrected chi connectivity index (χ4v) is 2.51. The van der Waals surface area contributed by atoms with Gasteiger partial charge in [0.15, 0.2) is 0 Å². The lowest BCUT2D eigenvalue weighted by molar-refractivity contribution is -0.125. The highest BCUT2D eigenvalue weighted by molar-refractivity contribution is 6.06. The summed E-state index contributed by atoms with van der Waals surface area (Å²) in [6.45, 7) is 3.70. The zero-order chi connectivity index (χ0) is 16.6. The average Bonchev–Trinajstić information content (AvgIpc) is 3.09. The summed E-state index contributed by atoms with van der Waals surface area (Å²) in [4.78, 5) is 17.6. The molecule has 0 saturated carbocycles. The summed E-state index contributed by atoms with van der Waals surface area (Å²) in [5.74, 6) is -0.640. The minimum absolute atomic E-state index is 0.292. The first kappa shape index (κ1) is 15.2. The van der Waals surface area contributed by atoms with Crippen LogP contribution in [0.2, 0.25) is 0 Å². The lowest BCUT2D eigenvalue weighted by Crippen LogP contribution is -2.28. The van der Waals surface area contributed by atoms with Crippen LogP contribution in [0.25, 0.3) is 0 Å². The van der Waals surface area contributed by atoms with Crippen molar-refractivity contribution < 1.29 is 14.0 Å². The standard InChI is InChI=1S/C16H17FN4O2/c1-9-15(10(2)21(3)19-9)18-16(22)14-8-13(20-23-14)11-5-4-6-12(17)7-11/h4-7,14H,8H2,1-3H3,(H,18,22)/t14-/m1/s1. The summed E-state index contributed by atoms with van der Waals surface area (Å²) in [6.07, 6.45) is -0.430. The van der Waals surface area contributed by atoms with Crippen LogP contribution in [0.3, 0.4) is 0 Å². The fraction of sp³-hybridized carbons (Fsp3) is 0.312. The van der Waals surface area contributed by atoms with Gasteiger partial charge >= 0.3 is 0 Å². The first-order valence-corrected chi connectivity index (χ1v) is 7.25. The third kappa shape index (κ3) is 2.94. The lowest BCUT2D eigenvalue weighted by atomic mass is 10.0. The molecule has 1 atom stereocenters. The van der Waals surface area contributed by atoms with E-state index in [0.29, 0.717) is 23.4 Å². The molecule has 0 spiro atoms.